The molecule has 6 heteroatoms. The summed E-state index contributed by atoms with van der Waals surface area (Å²) in [5.41, 5.74) is 0.440. The van der Waals surface area contributed by atoms with Crippen LogP contribution in [0.1, 0.15) is 31.2 Å². The maximum absolute atomic E-state index is 12.0. The van der Waals surface area contributed by atoms with Gasteiger partial charge in [0.15, 0.2) is 0 Å². The Hall–Kier alpha value is -2.37. The molecule has 0 atom stereocenters. The average Bonchev–Trinajstić information content (AvgIpc) is 3.01. The summed E-state index contributed by atoms with van der Waals surface area (Å²) >= 11 is 0. The molecule has 1 saturated carbocycles. The van der Waals surface area contributed by atoms with E-state index in [-0.39, 0.29) is 24.9 Å². The molecule has 1 aliphatic carbocycles. The monoisotopic (exact) mass is 302 g/mol. The van der Waals surface area contributed by atoms with E-state index in [9.17, 15) is 19.5 Å². The predicted octanol–water partition coefficient (Wildman–Crippen LogP) is 1.05. The molecule has 2 aliphatic rings. The summed E-state index contributed by atoms with van der Waals surface area (Å²) in [5, 5.41) is 12.2. The molecular weight excluding hydrogens is 284 g/mol. The maximum atomic E-state index is 12.0. The highest BCUT2D eigenvalue weighted by molar-refractivity contribution is 6.04. The predicted molar refractivity (Wildman–Crippen MR) is 79.6 cm³/mol. The molecule has 0 spiro atoms. The van der Waals surface area contributed by atoms with Crippen LogP contribution in [0.3, 0.4) is 0 Å². The van der Waals surface area contributed by atoms with Gasteiger partial charge in [-0.2, -0.15) is 0 Å². The molecule has 1 aliphatic heterocycles. The first-order chi connectivity index (χ1) is 10.5. The maximum Gasteiger partial charge on any atom is 0.314 e. The number of nitrogens with one attached hydrogen (secondary N) is 1. The summed E-state index contributed by atoms with van der Waals surface area (Å²) in [5.74, 6) is -1.21. The molecule has 116 valence electrons. The summed E-state index contributed by atoms with van der Waals surface area (Å²) in [4.78, 5) is 36.7. The lowest BCUT2D eigenvalue weighted by Crippen LogP contribution is -2.51. The van der Waals surface area contributed by atoms with E-state index in [4.69, 9.17) is 0 Å². The number of rotatable bonds is 3. The largest absolute Gasteiger partial charge is 0.481 e. The first kappa shape index (κ1) is 14.6. The van der Waals surface area contributed by atoms with Gasteiger partial charge in [-0.15, -0.1) is 0 Å². The number of aliphatic carboxylic acids is 1. The van der Waals surface area contributed by atoms with Crippen LogP contribution in [-0.4, -0.2) is 36.0 Å². The molecule has 2 N–H and O–H groups in total. The van der Waals surface area contributed by atoms with Gasteiger partial charge in [0, 0.05) is 5.69 Å². The van der Waals surface area contributed by atoms with Crippen LogP contribution in [0.4, 0.5) is 5.69 Å². The third kappa shape index (κ3) is 2.34. The van der Waals surface area contributed by atoms with Gasteiger partial charge in [0.05, 0.1) is 12.0 Å². The van der Waals surface area contributed by atoms with Gasteiger partial charge >= 0.3 is 5.97 Å². The van der Waals surface area contributed by atoms with Crippen molar-refractivity contribution in [2.45, 2.75) is 31.1 Å². The van der Waals surface area contributed by atoms with Crippen LogP contribution in [0.5, 0.6) is 0 Å². The van der Waals surface area contributed by atoms with Crippen molar-refractivity contribution in [3.05, 3.63) is 29.8 Å². The minimum atomic E-state index is -0.864. The first-order valence-electron chi connectivity index (χ1n) is 7.44. The van der Waals surface area contributed by atoms with Crippen molar-refractivity contribution in [1.29, 1.82) is 0 Å². The van der Waals surface area contributed by atoms with Crippen molar-refractivity contribution in [1.82, 2.24) is 5.32 Å². The Balaban J connectivity index is 1.97. The summed E-state index contributed by atoms with van der Waals surface area (Å²) in [6.45, 7) is -0.0461. The second-order valence-corrected chi connectivity index (χ2v) is 5.90. The Morgan fingerprint density at radius 3 is 2.64 bits per heavy atom. The Morgan fingerprint density at radius 2 is 1.95 bits per heavy atom. The fourth-order valence-corrected chi connectivity index (χ4v) is 3.37. The van der Waals surface area contributed by atoms with E-state index >= 15 is 0 Å². The quantitative estimate of drug-likeness (QED) is 0.873. The number of nitrogens with zero attached hydrogens (tertiary/aromatic N) is 1. The normalized spacial score (nSPS) is 20.8. The molecule has 1 aromatic rings. The van der Waals surface area contributed by atoms with E-state index in [1.165, 1.54) is 4.90 Å². The Bertz CT molecular complexity index is 635. The molecule has 0 radical (unpaired) electrons. The van der Waals surface area contributed by atoms with Crippen LogP contribution < -0.4 is 10.2 Å². The SMILES string of the molecule is O=C1CN(c2cccc(C3(C(=O)O)CCCC3)c2)C(=O)CN1. The number of anilines is 1. The average molecular weight is 302 g/mol. The molecule has 0 unspecified atom stereocenters. The third-order valence-electron chi connectivity index (χ3n) is 4.62. The van der Waals surface area contributed by atoms with Crippen LogP contribution >= 0.6 is 0 Å². The molecule has 0 aromatic heterocycles. The van der Waals surface area contributed by atoms with Gasteiger partial charge in [-0.05, 0) is 30.5 Å². The second-order valence-electron chi connectivity index (χ2n) is 5.90. The van der Waals surface area contributed by atoms with Gasteiger partial charge in [0.1, 0.15) is 6.54 Å². The van der Waals surface area contributed by atoms with E-state index in [1.807, 2.05) is 0 Å². The highest BCUT2D eigenvalue weighted by atomic mass is 16.4. The molecule has 1 heterocycles. The van der Waals surface area contributed by atoms with Crippen molar-refractivity contribution in [3.8, 4) is 0 Å². The van der Waals surface area contributed by atoms with E-state index in [2.05, 4.69) is 5.32 Å². The van der Waals surface area contributed by atoms with E-state index in [0.717, 1.165) is 12.8 Å². The number of hydrogen-bond donors (Lipinski definition) is 2. The number of carboxylic acids is 1. The minimum Gasteiger partial charge on any atom is -0.481 e. The number of carbonyl (C=O) groups excluding carboxylic acids is 2. The Labute approximate surface area is 128 Å². The molecule has 3 rings (SSSR count). The van der Waals surface area contributed by atoms with Crippen LogP contribution in [0.15, 0.2) is 24.3 Å². The second kappa shape index (κ2) is 5.44. The van der Waals surface area contributed by atoms with Gasteiger partial charge in [-0.3, -0.25) is 14.4 Å². The third-order valence-corrected chi connectivity index (χ3v) is 4.62. The number of amides is 2. The van der Waals surface area contributed by atoms with Gasteiger partial charge in [-0.1, -0.05) is 25.0 Å². The van der Waals surface area contributed by atoms with Gasteiger partial charge in [-0.25, -0.2) is 0 Å². The van der Waals surface area contributed by atoms with Crippen molar-refractivity contribution in [2.75, 3.05) is 18.0 Å². The van der Waals surface area contributed by atoms with Gasteiger partial charge in [0.25, 0.3) is 0 Å². The highest BCUT2D eigenvalue weighted by Gasteiger charge is 2.43. The molecule has 1 aromatic carbocycles. The number of carboxylic acid groups (broad SMARTS) is 1. The number of hydrogen-bond acceptors (Lipinski definition) is 3. The van der Waals surface area contributed by atoms with Crippen molar-refractivity contribution in [2.24, 2.45) is 0 Å². The Kier molecular flexibility index (Phi) is 3.60. The molecule has 0 bridgehead atoms. The van der Waals surface area contributed by atoms with E-state index in [1.54, 1.807) is 24.3 Å². The topological polar surface area (TPSA) is 86.7 Å². The van der Waals surface area contributed by atoms with Crippen molar-refractivity contribution < 1.29 is 19.5 Å². The molecular formula is C16H18N2O4. The number of piperazine rings is 1. The lowest BCUT2D eigenvalue weighted by atomic mass is 9.79. The van der Waals surface area contributed by atoms with Crippen LogP contribution in [0, 0.1) is 0 Å². The summed E-state index contributed by atoms with van der Waals surface area (Å²) in [6.07, 6.45) is 3.00. The van der Waals surface area contributed by atoms with Gasteiger partial charge < -0.3 is 15.3 Å². The smallest absolute Gasteiger partial charge is 0.314 e. The fourth-order valence-electron chi connectivity index (χ4n) is 3.37. The minimum absolute atomic E-state index is 0.0207. The van der Waals surface area contributed by atoms with Crippen LogP contribution in [0.25, 0.3) is 0 Å². The zero-order chi connectivity index (χ0) is 15.7. The fraction of sp³-hybridized carbons (Fsp3) is 0.438. The number of carbonyl (C=O) groups is 3. The lowest BCUT2D eigenvalue weighted by Gasteiger charge is -2.29. The zero-order valence-corrected chi connectivity index (χ0v) is 12.2. The summed E-state index contributed by atoms with van der Waals surface area (Å²) < 4.78 is 0. The van der Waals surface area contributed by atoms with Crippen LogP contribution in [0.2, 0.25) is 0 Å². The standard InChI is InChI=1S/C16H18N2O4/c19-13-10-18(14(20)9-17-13)12-5-3-4-11(8-12)16(15(21)22)6-1-2-7-16/h3-5,8H,1-2,6-7,9-10H2,(H,17,19)(H,21,22). The molecule has 22 heavy (non-hydrogen) atoms. The van der Waals surface area contributed by atoms with Crippen molar-refractivity contribution in [3.63, 3.8) is 0 Å². The molecule has 2 amide bonds. The lowest BCUT2D eigenvalue weighted by molar-refractivity contribution is -0.143. The van der Waals surface area contributed by atoms with Crippen molar-refractivity contribution >= 4 is 23.5 Å². The van der Waals surface area contributed by atoms with Crippen LogP contribution in [-0.2, 0) is 19.8 Å². The summed E-state index contributed by atoms with van der Waals surface area (Å²) in [6, 6.07) is 7.05. The van der Waals surface area contributed by atoms with E-state index < -0.39 is 11.4 Å². The number of benzene rings is 1. The Morgan fingerprint density at radius 1 is 1.23 bits per heavy atom. The molecule has 1 saturated heterocycles. The molecule has 6 nitrogen and oxygen atoms in total. The first-order valence-corrected chi connectivity index (χ1v) is 7.44. The molecule has 2 fully saturated rings. The zero-order valence-electron chi connectivity index (χ0n) is 12.2. The highest BCUT2D eigenvalue weighted by Crippen LogP contribution is 2.42. The van der Waals surface area contributed by atoms with E-state index in [0.29, 0.717) is 24.1 Å². The summed E-state index contributed by atoms with van der Waals surface area (Å²) in [7, 11) is 0. The van der Waals surface area contributed by atoms with Gasteiger partial charge in [0.2, 0.25) is 11.8 Å².